The van der Waals surface area contributed by atoms with E-state index in [0.29, 0.717) is 18.9 Å². The predicted molar refractivity (Wildman–Crippen MR) is 72.9 cm³/mol. The maximum Gasteiger partial charge on any atom is 0.163 e. The number of aliphatic hydroxyl groups is 1. The summed E-state index contributed by atoms with van der Waals surface area (Å²) in [6, 6.07) is 3.78. The third kappa shape index (κ3) is 4.88. The molecule has 0 spiro atoms. The standard InChI is InChI=1S/C15H23F2NO/c1-10(2)8-15(4,19)9-18-11(3)12-6-5-7-13(16)14(12)17/h5-7,10-11,18-19H,8-9H2,1-4H3. The van der Waals surface area contributed by atoms with Crippen molar-refractivity contribution < 1.29 is 13.9 Å². The third-order valence-corrected chi connectivity index (χ3v) is 3.09. The van der Waals surface area contributed by atoms with Crippen LogP contribution in [0.5, 0.6) is 0 Å². The van der Waals surface area contributed by atoms with Gasteiger partial charge < -0.3 is 10.4 Å². The van der Waals surface area contributed by atoms with Gasteiger partial charge in [-0.05, 0) is 32.3 Å². The van der Waals surface area contributed by atoms with Gasteiger partial charge in [0.2, 0.25) is 0 Å². The number of rotatable bonds is 6. The van der Waals surface area contributed by atoms with Gasteiger partial charge in [0.25, 0.3) is 0 Å². The van der Waals surface area contributed by atoms with Gasteiger partial charge >= 0.3 is 0 Å². The molecule has 108 valence electrons. The van der Waals surface area contributed by atoms with Crippen molar-refractivity contribution >= 4 is 0 Å². The second-order valence-electron chi connectivity index (χ2n) is 5.84. The zero-order chi connectivity index (χ0) is 14.6. The van der Waals surface area contributed by atoms with Gasteiger partial charge in [-0.3, -0.25) is 0 Å². The molecule has 0 radical (unpaired) electrons. The molecule has 19 heavy (non-hydrogen) atoms. The number of benzene rings is 1. The van der Waals surface area contributed by atoms with E-state index >= 15 is 0 Å². The molecule has 0 aliphatic carbocycles. The Bertz CT molecular complexity index is 419. The Hall–Kier alpha value is -1.00. The van der Waals surface area contributed by atoms with Crippen LogP contribution in [0.3, 0.4) is 0 Å². The largest absolute Gasteiger partial charge is 0.389 e. The first-order chi connectivity index (χ1) is 8.73. The maximum absolute atomic E-state index is 13.6. The van der Waals surface area contributed by atoms with Gasteiger partial charge in [-0.15, -0.1) is 0 Å². The lowest BCUT2D eigenvalue weighted by Crippen LogP contribution is -2.40. The zero-order valence-corrected chi connectivity index (χ0v) is 12.0. The van der Waals surface area contributed by atoms with Crippen molar-refractivity contribution in [1.82, 2.24) is 5.32 Å². The fraction of sp³-hybridized carbons (Fsp3) is 0.600. The zero-order valence-electron chi connectivity index (χ0n) is 12.0. The molecule has 0 aliphatic heterocycles. The van der Waals surface area contributed by atoms with E-state index in [2.05, 4.69) is 5.32 Å². The van der Waals surface area contributed by atoms with Crippen LogP contribution in [0.2, 0.25) is 0 Å². The summed E-state index contributed by atoms with van der Waals surface area (Å²) in [5.74, 6) is -1.30. The number of nitrogens with one attached hydrogen (secondary N) is 1. The van der Waals surface area contributed by atoms with Crippen molar-refractivity contribution in [1.29, 1.82) is 0 Å². The molecule has 2 unspecified atom stereocenters. The van der Waals surface area contributed by atoms with Crippen molar-refractivity contribution in [3.63, 3.8) is 0 Å². The minimum absolute atomic E-state index is 0.278. The summed E-state index contributed by atoms with van der Waals surface area (Å²) in [6.07, 6.45) is 0.651. The molecule has 0 aromatic heterocycles. The average molecular weight is 271 g/mol. The quantitative estimate of drug-likeness (QED) is 0.831. The molecule has 2 nitrogen and oxygen atoms in total. The lowest BCUT2D eigenvalue weighted by molar-refractivity contribution is 0.0362. The van der Waals surface area contributed by atoms with Crippen LogP contribution < -0.4 is 5.32 Å². The summed E-state index contributed by atoms with van der Waals surface area (Å²) >= 11 is 0. The Morgan fingerprint density at radius 1 is 1.26 bits per heavy atom. The van der Waals surface area contributed by atoms with Crippen molar-refractivity contribution in [2.75, 3.05) is 6.54 Å². The molecule has 4 heteroatoms. The summed E-state index contributed by atoms with van der Waals surface area (Å²) in [7, 11) is 0. The van der Waals surface area contributed by atoms with Crippen LogP contribution in [-0.2, 0) is 0 Å². The molecule has 0 amide bonds. The van der Waals surface area contributed by atoms with Crippen LogP contribution in [-0.4, -0.2) is 17.3 Å². The van der Waals surface area contributed by atoms with Crippen LogP contribution in [0.1, 0.15) is 45.7 Å². The molecule has 0 aliphatic rings. The van der Waals surface area contributed by atoms with E-state index in [1.165, 1.54) is 6.07 Å². The Morgan fingerprint density at radius 3 is 2.47 bits per heavy atom. The van der Waals surface area contributed by atoms with Crippen molar-refractivity contribution in [3.05, 3.63) is 35.4 Å². The summed E-state index contributed by atoms with van der Waals surface area (Å²) in [4.78, 5) is 0. The highest BCUT2D eigenvalue weighted by Crippen LogP contribution is 2.21. The molecule has 0 saturated carbocycles. The van der Waals surface area contributed by atoms with Gasteiger partial charge in [-0.2, -0.15) is 0 Å². The topological polar surface area (TPSA) is 32.3 Å². The molecule has 2 N–H and O–H groups in total. The molecule has 0 bridgehead atoms. The van der Waals surface area contributed by atoms with Crippen LogP contribution in [0.25, 0.3) is 0 Å². The Labute approximate surface area is 113 Å². The lowest BCUT2D eigenvalue weighted by Gasteiger charge is -2.28. The highest BCUT2D eigenvalue weighted by atomic mass is 19.2. The Kier molecular flexibility index (Phi) is 5.44. The molecule has 1 rings (SSSR count). The van der Waals surface area contributed by atoms with Gasteiger partial charge in [0, 0.05) is 18.2 Å². The van der Waals surface area contributed by atoms with Crippen LogP contribution in [0.4, 0.5) is 8.78 Å². The van der Waals surface area contributed by atoms with E-state index in [-0.39, 0.29) is 11.6 Å². The fourth-order valence-electron chi connectivity index (χ4n) is 2.29. The monoisotopic (exact) mass is 271 g/mol. The Balaban J connectivity index is 2.65. The maximum atomic E-state index is 13.6. The van der Waals surface area contributed by atoms with Crippen LogP contribution >= 0.6 is 0 Å². The molecular formula is C15H23F2NO. The summed E-state index contributed by atoms with van der Waals surface area (Å²) in [6.45, 7) is 7.90. The fourth-order valence-corrected chi connectivity index (χ4v) is 2.29. The van der Waals surface area contributed by atoms with Crippen molar-refractivity contribution in [2.45, 2.75) is 45.8 Å². The molecule has 1 aromatic carbocycles. The second kappa shape index (κ2) is 6.44. The predicted octanol–water partition coefficient (Wildman–Crippen LogP) is 3.41. The van der Waals surface area contributed by atoms with Crippen LogP contribution in [0, 0.1) is 17.6 Å². The summed E-state index contributed by atoms with van der Waals surface area (Å²) in [5, 5.41) is 13.2. The second-order valence-corrected chi connectivity index (χ2v) is 5.84. The van der Waals surface area contributed by atoms with Crippen molar-refractivity contribution in [3.8, 4) is 0 Å². The summed E-state index contributed by atoms with van der Waals surface area (Å²) in [5.41, 5.74) is -0.577. The van der Waals surface area contributed by atoms with E-state index in [1.54, 1.807) is 19.9 Å². The molecule has 0 heterocycles. The first kappa shape index (κ1) is 16.1. The van der Waals surface area contributed by atoms with Gasteiger partial charge in [-0.25, -0.2) is 8.78 Å². The van der Waals surface area contributed by atoms with E-state index < -0.39 is 17.2 Å². The van der Waals surface area contributed by atoms with E-state index in [9.17, 15) is 13.9 Å². The van der Waals surface area contributed by atoms with E-state index in [4.69, 9.17) is 0 Å². The molecule has 1 aromatic rings. The minimum atomic E-state index is -0.855. The highest BCUT2D eigenvalue weighted by molar-refractivity contribution is 5.22. The number of halogens is 2. The van der Waals surface area contributed by atoms with Gasteiger partial charge in [-0.1, -0.05) is 26.0 Å². The SMILES string of the molecule is CC(C)CC(C)(O)CNC(C)c1cccc(F)c1F. The third-order valence-electron chi connectivity index (χ3n) is 3.09. The number of hydrogen-bond donors (Lipinski definition) is 2. The smallest absolute Gasteiger partial charge is 0.163 e. The average Bonchev–Trinajstić information content (AvgIpc) is 2.28. The first-order valence-electron chi connectivity index (χ1n) is 6.62. The van der Waals surface area contributed by atoms with Gasteiger partial charge in [0.1, 0.15) is 0 Å². The van der Waals surface area contributed by atoms with E-state index in [0.717, 1.165) is 6.07 Å². The minimum Gasteiger partial charge on any atom is -0.389 e. The lowest BCUT2D eigenvalue weighted by atomic mass is 9.94. The Morgan fingerprint density at radius 2 is 1.89 bits per heavy atom. The summed E-state index contributed by atoms with van der Waals surface area (Å²) < 4.78 is 26.7. The first-order valence-corrected chi connectivity index (χ1v) is 6.62. The van der Waals surface area contributed by atoms with Crippen LogP contribution in [0.15, 0.2) is 18.2 Å². The normalized spacial score (nSPS) is 16.4. The van der Waals surface area contributed by atoms with Gasteiger partial charge in [0.05, 0.1) is 5.60 Å². The van der Waals surface area contributed by atoms with Gasteiger partial charge in [0.15, 0.2) is 11.6 Å². The number of hydrogen-bond acceptors (Lipinski definition) is 2. The van der Waals surface area contributed by atoms with Crippen molar-refractivity contribution in [2.24, 2.45) is 5.92 Å². The van der Waals surface area contributed by atoms with E-state index in [1.807, 2.05) is 13.8 Å². The molecule has 0 saturated heterocycles. The molecular weight excluding hydrogens is 248 g/mol. The highest BCUT2D eigenvalue weighted by Gasteiger charge is 2.23. The molecule has 2 atom stereocenters. The molecule has 0 fully saturated rings.